The molecule has 1 amide bonds. The predicted molar refractivity (Wildman–Crippen MR) is 93.1 cm³/mol. The molecule has 0 aliphatic heterocycles. The van der Waals surface area contributed by atoms with Crippen LogP contribution in [0.4, 0.5) is 0 Å². The lowest BCUT2D eigenvalue weighted by molar-refractivity contribution is -0.0727. The molecular weight excluding hydrogens is 354 g/mol. The summed E-state index contributed by atoms with van der Waals surface area (Å²) in [5.41, 5.74) is 0.984. The highest BCUT2D eigenvalue weighted by Crippen LogP contribution is 2.61. The molecule has 4 bridgehead atoms. The van der Waals surface area contributed by atoms with Crippen molar-refractivity contribution >= 4 is 21.8 Å². The Hall–Kier alpha value is -0.840. The molecule has 23 heavy (non-hydrogen) atoms. The molecule has 0 unspecified atom stereocenters. The summed E-state index contributed by atoms with van der Waals surface area (Å²) >= 11 is 3.45. The van der Waals surface area contributed by atoms with E-state index >= 15 is 0 Å². The summed E-state index contributed by atoms with van der Waals surface area (Å²) in [5.74, 6) is 2.75. The van der Waals surface area contributed by atoms with Gasteiger partial charge in [-0.05, 0) is 84.0 Å². The molecule has 5 rings (SSSR count). The Kier molecular flexibility index (Phi) is 3.82. The van der Waals surface area contributed by atoms with E-state index in [4.69, 9.17) is 0 Å². The minimum absolute atomic E-state index is 0.0134. The van der Waals surface area contributed by atoms with Crippen LogP contribution in [0.1, 0.15) is 62.4 Å². The first-order valence-corrected chi connectivity index (χ1v) is 9.78. The van der Waals surface area contributed by atoms with Crippen molar-refractivity contribution in [2.24, 2.45) is 30.2 Å². The lowest BCUT2D eigenvalue weighted by Gasteiger charge is -2.59. The first-order chi connectivity index (χ1) is 11.0. The Morgan fingerprint density at radius 2 is 1.91 bits per heavy atom. The van der Waals surface area contributed by atoms with Crippen molar-refractivity contribution in [1.29, 1.82) is 0 Å². The molecule has 4 aliphatic carbocycles. The largest absolute Gasteiger partial charge is 0.347 e. The number of nitrogens with zero attached hydrogens (tertiary/aromatic N) is 2. The number of aryl methyl sites for hydroxylation is 1. The topological polar surface area (TPSA) is 46.9 Å². The van der Waals surface area contributed by atoms with E-state index < -0.39 is 0 Å². The second-order valence-corrected chi connectivity index (χ2v) is 9.03. The molecule has 1 atom stereocenters. The third-order valence-corrected chi connectivity index (χ3v) is 7.23. The molecule has 1 aromatic rings. The molecule has 4 fully saturated rings. The van der Waals surface area contributed by atoms with Crippen molar-refractivity contribution in [3.8, 4) is 0 Å². The molecule has 126 valence electrons. The number of carbonyl (C=O) groups is 1. The molecule has 5 heteroatoms. The summed E-state index contributed by atoms with van der Waals surface area (Å²) < 4.78 is 2.43. The zero-order chi connectivity index (χ0) is 16.2. The van der Waals surface area contributed by atoms with Crippen LogP contribution < -0.4 is 5.32 Å². The summed E-state index contributed by atoms with van der Waals surface area (Å²) in [4.78, 5) is 12.8. The van der Waals surface area contributed by atoms with Crippen molar-refractivity contribution in [1.82, 2.24) is 15.1 Å². The van der Waals surface area contributed by atoms with Gasteiger partial charge in [0.25, 0.3) is 5.91 Å². The average Bonchev–Trinajstić information content (AvgIpc) is 2.82. The van der Waals surface area contributed by atoms with Crippen molar-refractivity contribution in [2.75, 3.05) is 0 Å². The maximum atomic E-state index is 12.8. The van der Waals surface area contributed by atoms with Gasteiger partial charge in [-0.15, -0.1) is 0 Å². The highest BCUT2D eigenvalue weighted by Gasteiger charge is 2.54. The van der Waals surface area contributed by atoms with Gasteiger partial charge >= 0.3 is 0 Å². The third kappa shape index (κ3) is 2.55. The normalized spacial score (nSPS) is 36.2. The van der Waals surface area contributed by atoms with Crippen LogP contribution in [0.2, 0.25) is 0 Å². The molecule has 0 saturated heterocycles. The number of nitrogens with one attached hydrogen (secondary N) is 1. The highest BCUT2D eigenvalue weighted by molar-refractivity contribution is 9.10. The van der Waals surface area contributed by atoms with Crippen molar-refractivity contribution in [3.63, 3.8) is 0 Å². The lowest BCUT2D eigenvalue weighted by Crippen LogP contribution is -2.56. The van der Waals surface area contributed by atoms with Gasteiger partial charge in [-0.2, -0.15) is 5.10 Å². The molecule has 4 saturated carbocycles. The van der Waals surface area contributed by atoms with Crippen LogP contribution in [0.15, 0.2) is 10.7 Å². The summed E-state index contributed by atoms with van der Waals surface area (Å²) in [6, 6.07) is 0.296. The summed E-state index contributed by atoms with van der Waals surface area (Å²) in [7, 11) is 1.82. The molecule has 4 nitrogen and oxygen atoms in total. The Bertz CT molecular complexity index is 569. The first-order valence-electron chi connectivity index (χ1n) is 8.99. The fraction of sp³-hybridized carbons (Fsp3) is 0.778. The highest BCUT2D eigenvalue weighted by atomic mass is 79.9. The van der Waals surface area contributed by atoms with Crippen LogP contribution in [-0.4, -0.2) is 21.7 Å². The van der Waals surface area contributed by atoms with Crippen LogP contribution in [0.3, 0.4) is 0 Å². The minimum Gasteiger partial charge on any atom is -0.347 e. The van der Waals surface area contributed by atoms with Crippen LogP contribution in [0, 0.1) is 23.2 Å². The van der Waals surface area contributed by atoms with Gasteiger partial charge in [-0.1, -0.05) is 6.92 Å². The van der Waals surface area contributed by atoms with Crippen LogP contribution >= 0.6 is 15.9 Å². The summed E-state index contributed by atoms with van der Waals surface area (Å²) in [6.45, 7) is 2.22. The number of rotatable bonds is 4. The van der Waals surface area contributed by atoms with Crippen LogP contribution in [-0.2, 0) is 7.05 Å². The molecule has 0 spiro atoms. The maximum Gasteiger partial charge on any atom is 0.270 e. The van der Waals surface area contributed by atoms with Crippen molar-refractivity contribution < 1.29 is 4.79 Å². The van der Waals surface area contributed by atoms with Gasteiger partial charge in [0.15, 0.2) is 0 Å². The van der Waals surface area contributed by atoms with E-state index in [0.717, 1.165) is 28.6 Å². The van der Waals surface area contributed by atoms with E-state index in [0.29, 0.717) is 17.2 Å². The van der Waals surface area contributed by atoms with E-state index in [-0.39, 0.29) is 5.91 Å². The van der Waals surface area contributed by atoms with Gasteiger partial charge in [0.1, 0.15) is 5.69 Å². The van der Waals surface area contributed by atoms with Gasteiger partial charge in [-0.3, -0.25) is 9.48 Å². The Labute approximate surface area is 146 Å². The van der Waals surface area contributed by atoms with E-state index in [1.165, 1.54) is 38.5 Å². The number of carbonyl (C=O) groups excluding carboxylic acids is 1. The Balaban J connectivity index is 1.56. The number of hydrogen-bond acceptors (Lipinski definition) is 2. The molecule has 1 N–H and O–H groups in total. The predicted octanol–water partition coefficient (Wildman–Crippen LogP) is 3.91. The van der Waals surface area contributed by atoms with Crippen molar-refractivity contribution in [2.45, 2.75) is 57.9 Å². The van der Waals surface area contributed by atoms with E-state index in [2.05, 4.69) is 33.3 Å². The number of halogens is 1. The first kappa shape index (κ1) is 15.7. The average molecular weight is 380 g/mol. The number of hydrogen-bond donors (Lipinski definition) is 1. The second-order valence-electron chi connectivity index (χ2n) is 8.18. The number of aromatic nitrogens is 2. The van der Waals surface area contributed by atoms with E-state index in [9.17, 15) is 4.79 Å². The van der Waals surface area contributed by atoms with Crippen LogP contribution in [0.25, 0.3) is 0 Å². The smallest absolute Gasteiger partial charge is 0.270 e. The fourth-order valence-electron chi connectivity index (χ4n) is 6.19. The molecule has 0 aromatic carbocycles. The van der Waals surface area contributed by atoms with Gasteiger partial charge in [0, 0.05) is 13.1 Å². The minimum atomic E-state index is 0.0134. The quantitative estimate of drug-likeness (QED) is 0.861. The van der Waals surface area contributed by atoms with Gasteiger partial charge in [0.2, 0.25) is 0 Å². The zero-order valence-electron chi connectivity index (χ0n) is 14.0. The lowest BCUT2D eigenvalue weighted by atomic mass is 9.47. The molecule has 4 aliphatic rings. The van der Waals surface area contributed by atoms with Crippen LogP contribution in [0.5, 0.6) is 0 Å². The monoisotopic (exact) mass is 379 g/mol. The Morgan fingerprint density at radius 3 is 2.35 bits per heavy atom. The molecular formula is C18H26BrN3O. The molecule has 1 heterocycles. The van der Waals surface area contributed by atoms with Gasteiger partial charge in [-0.25, -0.2) is 0 Å². The number of amides is 1. The third-order valence-electron chi connectivity index (χ3n) is 6.65. The van der Waals surface area contributed by atoms with Gasteiger partial charge < -0.3 is 5.32 Å². The second kappa shape index (κ2) is 5.61. The standard InChI is InChI=1S/C18H26BrN3O/c1-3-15(21-17(23)16-14(19)10-20-22(16)2)18-7-11-4-12(8-18)6-13(5-11)9-18/h10-13,15H,3-9H2,1-2H3,(H,21,23)/t11?,12?,13?,15-,18?/m1/s1. The summed E-state index contributed by atoms with van der Waals surface area (Å²) in [5, 5.41) is 7.55. The molecule has 0 radical (unpaired) electrons. The van der Waals surface area contributed by atoms with E-state index in [1.54, 1.807) is 10.9 Å². The zero-order valence-corrected chi connectivity index (χ0v) is 15.6. The fourth-order valence-corrected chi connectivity index (χ4v) is 6.71. The summed E-state index contributed by atoms with van der Waals surface area (Å²) in [6.07, 6.45) is 11.0. The Morgan fingerprint density at radius 1 is 1.35 bits per heavy atom. The maximum absolute atomic E-state index is 12.8. The van der Waals surface area contributed by atoms with E-state index in [1.807, 2.05) is 7.05 Å². The SMILES string of the molecule is CC[C@@H](NC(=O)c1c(Br)cnn1C)C12CC3CC(CC(C3)C1)C2. The van der Waals surface area contributed by atoms with Gasteiger partial charge in [0.05, 0.1) is 10.7 Å². The molecule has 1 aromatic heterocycles. The van der Waals surface area contributed by atoms with Crippen molar-refractivity contribution in [3.05, 3.63) is 16.4 Å².